The van der Waals surface area contributed by atoms with Gasteiger partial charge in [0.1, 0.15) is 0 Å². The highest BCUT2D eigenvalue weighted by Crippen LogP contribution is 2.17. The Balaban J connectivity index is 2.20. The van der Waals surface area contributed by atoms with Crippen molar-refractivity contribution in [3.63, 3.8) is 0 Å². The summed E-state index contributed by atoms with van der Waals surface area (Å²) in [7, 11) is -3.61. The average molecular weight is 303 g/mol. The topological polar surface area (TPSA) is 63.2 Å². The van der Waals surface area contributed by atoms with Crippen LogP contribution < -0.4 is 4.72 Å². The summed E-state index contributed by atoms with van der Waals surface area (Å²) in [6.45, 7) is 3.23. The van der Waals surface area contributed by atoms with Crippen LogP contribution in [-0.2, 0) is 10.0 Å². The van der Waals surface area contributed by atoms with Crippen molar-refractivity contribution in [1.82, 2.24) is 4.72 Å². The van der Waals surface area contributed by atoms with Gasteiger partial charge in [0.05, 0.1) is 4.90 Å². The quantitative estimate of drug-likeness (QED) is 0.864. The van der Waals surface area contributed by atoms with Crippen molar-refractivity contribution in [3.05, 3.63) is 65.7 Å². The first-order chi connectivity index (χ1) is 9.90. The molecular weight excluding hydrogens is 286 g/mol. The number of ketones is 1. The molecule has 0 aliphatic rings. The molecule has 21 heavy (non-hydrogen) atoms. The van der Waals surface area contributed by atoms with E-state index in [1.54, 1.807) is 6.92 Å². The van der Waals surface area contributed by atoms with Crippen LogP contribution in [0.1, 0.15) is 35.8 Å². The van der Waals surface area contributed by atoms with Crippen LogP contribution in [0.2, 0.25) is 0 Å². The third-order valence-electron chi connectivity index (χ3n) is 3.20. The molecule has 0 spiro atoms. The van der Waals surface area contributed by atoms with Gasteiger partial charge in [-0.2, -0.15) is 0 Å². The van der Waals surface area contributed by atoms with Gasteiger partial charge < -0.3 is 0 Å². The lowest BCUT2D eigenvalue weighted by atomic mass is 10.1. The molecule has 4 nitrogen and oxygen atoms in total. The van der Waals surface area contributed by atoms with E-state index in [0.717, 1.165) is 5.56 Å². The molecule has 1 N–H and O–H groups in total. The van der Waals surface area contributed by atoms with E-state index in [0.29, 0.717) is 5.56 Å². The largest absolute Gasteiger partial charge is 0.295 e. The number of rotatable bonds is 5. The third kappa shape index (κ3) is 3.77. The molecule has 0 aliphatic carbocycles. The van der Waals surface area contributed by atoms with Gasteiger partial charge in [0.25, 0.3) is 0 Å². The lowest BCUT2D eigenvalue weighted by Crippen LogP contribution is -2.26. The lowest BCUT2D eigenvalue weighted by molar-refractivity contribution is 0.101. The molecule has 0 radical (unpaired) electrons. The van der Waals surface area contributed by atoms with Crippen molar-refractivity contribution in [2.75, 3.05) is 0 Å². The highest BCUT2D eigenvalue weighted by atomic mass is 32.2. The zero-order valence-electron chi connectivity index (χ0n) is 11.9. The van der Waals surface area contributed by atoms with Crippen LogP contribution in [0.15, 0.2) is 59.5 Å². The zero-order valence-corrected chi connectivity index (χ0v) is 12.7. The van der Waals surface area contributed by atoms with E-state index in [1.165, 1.54) is 31.2 Å². The van der Waals surface area contributed by atoms with E-state index in [2.05, 4.69) is 4.72 Å². The highest BCUT2D eigenvalue weighted by molar-refractivity contribution is 7.89. The predicted molar refractivity (Wildman–Crippen MR) is 81.6 cm³/mol. The highest BCUT2D eigenvalue weighted by Gasteiger charge is 2.18. The van der Waals surface area contributed by atoms with Gasteiger partial charge >= 0.3 is 0 Å². The minimum absolute atomic E-state index is 0.0930. The van der Waals surface area contributed by atoms with Gasteiger partial charge in [-0.1, -0.05) is 42.5 Å². The molecule has 110 valence electrons. The number of hydrogen-bond acceptors (Lipinski definition) is 3. The molecule has 1 unspecified atom stereocenters. The zero-order chi connectivity index (χ0) is 15.5. The van der Waals surface area contributed by atoms with E-state index in [-0.39, 0.29) is 16.7 Å². The number of carbonyl (C=O) groups is 1. The van der Waals surface area contributed by atoms with Gasteiger partial charge in [-0.05, 0) is 31.5 Å². The van der Waals surface area contributed by atoms with Crippen molar-refractivity contribution in [2.24, 2.45) is 0 Å². The number of benzene rings is 2. The fourth-order valence-corrected chi connectivity index (χ4v) is 3.21. The fourth-order valence-electron chi connectivity index (χ4n) is 1.98. The molecule has 2 aromatic carbocycles. The van der Waals surface area contributed by atoms with Crippen molar-refractivity contribution < 1.29 is 13.2 Å². The summed E-state index contributed by atoms with van der Waals surface area (Å²) in [6, 6.07) is 14.9. The van der Waals surface area contributed by atoms with E-state index in [9.17, 15) is 13.2 Å². The third-order valence-corrected chi connectivity index (χ3v) is 4.76. The van der Waals surface area contributed by atoms with Gasteiger partial charge in [-0.3, -0.25) is 4.79 Å². The molecular formula is C16H17NO3S. The van der Waals surface area contributed by atoms with Gasteiger partial charge in [0, 0.05) is 11.6 Å². The summed E-state index contributed by atoms with van der Waals surface area (Å²) in [5.74, 6) is -0.0930. The van der Waals surface area contributed by atoms with Crippen LogP contribution in [0.3, 0.4) is 0 Å². The minimum atomic E-state index is -3.61. The number of nitrogens with one attached hydrogen (secondary N) is 1. The Morgan fingerprint density at radius 1 is 1.00 bits per heavy atom. The van der Waals surface area contributed by atoms with E-state index in [4.69, 9.17) is 0 Å². The first kappa shape index (κ1) is 15.4. The Kier molecular flexibility index (Phi) is 4.55. The Morgan fingerprint density at radius 3 is 2.10 bits per heavy atom. The summed E-state index contributed by atoms with van der Waals surface area (Å²) in [4.78, 5) is 11.4. The summed E-state index contributed by atoms with van der Waals surface area (Å²) in [6.07, 6.45) is 0. The second-order valence-electron chi connectivity index (χ2n) is 4.83. The second-order valence-corrected chi connectivity index (χ2v) is 6.55. The SMILES string of the molecule is CC(=O)c1ccc(S(=O)(=O)NC(C)c2ccccc2)cc1. The monoisotopic (exact) mass is 303 g/mol. The molecule has 0 aliphatic heterocycles. The maximum atomic E-state index is 12.3. The number of carbonyl (C=O) groups excluding carboxylic acids is 1. The number of hydrogen-bond donors (Lipinski definition) is 1. The average Bonchev–Trinajstić information content (AvgIpc) is 2.48. The molecule has 0 bridgehead atoms. The number of Topliss-reactive ketones (excluding diaryl/α,β-unsaturated/α-hetero) is 1. The van der Waals surface area contributed by atoms with E-state index < -0.39 is 10.0 Å². The summed E-state index contributed by atoms with van der Waals surface area (Å²) in [5.41, 5.74) is 1.38. The van der Waals surface area contributed by atoms with Crippen molar-refractivity contribution in [1.29, 1.82) is 0 Å². The first-order valence-electron chi connectivity index (χ1n) is 6.58. The molecule has 0 saturated carbocycles. The second kappa shape index (κ2) is 6.20. The first-order valence-corrected chi connectivity index (χ1v) is 8.07. The molecule has 0 fully saturated rings. The van der Waals surface area contributed by atoms with Crippen LogP contribution in [0, 0.1) is 0 Å². The molecule has 2 aromatic rings. The van der Waals surface area contributed by atoms with Crippen molar-refractivity contribution in [3.8, 4) is 0 Å². The van der Waals surface area contributed by atoms with Crippen LogP contribution in [0.5, 0.6) is 0 Å². The van der Waals surface area contributed by atoms with Gasteiger partial charge in [-0.25, -0.2) is 13.1 Å². The molecule has 0 amide bonds. The van der Waals surface area contributed by atoms with Crippen molar-refractivity contribution >= 4 is 15.8 Å². The smallest absolute Gasteiger partial charge is 0.241 e. The Bertz CT molecular complexity index is 722. The molecule has 1 atom stereocenters. The maximum absolute atomic E-state index is 12.3. The molecule has 5 heteroatoms. The molecule has 2 rings (SSSR count). The standard InChI is InChI=1S/C16H17NO3S/c1-12(14-6-4-3-5-7-14)17-21(19,20)16-10-8-15(9-11-16)13(2)18/h3-12,17H,1-2H3. The van der Waals surface area contributed by atoms with Crippen LogP contribution >= 0.6 is 0 Å². The summed E-state index contributed by atoms with van der Waals surface area (Å²) >= 11 is 0. The molecule has 0 heterocycles. The summed E-state index contributed by atoms with van der Waals surface area (Å²) in [5, 5.41) is 0. The van der Waals surface area contributed by atoms with E-state index in [1.807, 2.05) is 30.3 Å². The van der Waals surface area contributed by atoms with E-state index >= 15 is 0 Å². The van der Waals surface area contributed by atoms with Gasteiger partial charge in [0.2, 0.25) is 10.0 Å². The van der Waals surface area contributed by atoms with Crippen LogP contribution in [-0.4, -0.2) is 14.2 Å². The van der Waals surface area contributed by atoms with Crippen LogP contribution in [0.4, 0.5) is 0 Å². The number of sulfonamides is 1. The van der Waals surface area contributed by atoms with Gasteiger partial charge in [-0.15, -0.1) is 0 Å². The molecule has 0 saturated heterocycles. The van der Waals surface area contributed by atoms with Gasteiger partial charge in [0.15, 0.2) is 5.78 Å². The normalized spacial score (nSPS) is 12.9. The lowest BCUT2D eigenvalue weighted by Gasteiger charge is -2.14. The Hall–Kier alpha value is -1.98. The van der Waals surface area contributed by atoms with Crippen LogP contribution in [0.25, 0.3) is 0 Å². The summed E-state index contributed by atoms with van der Waals surface area (Å²) < 4.78 is 27.2. The fraction of sp³-hybridized carbons (Fsp3) is 0.188. The minimum Gasteiger partial charge on any atom is -0.295 e. The Labute approximate surface area is 124 Å². The Morgan fingerprint density at radius 2 is 1.57 bits per heavy atom. The van der Waals surface area contributed by atoms with Crippen molar-refractivity contribution in [2.45, 2.75) is 24.8 Å². The molecule has 0 aromatic heterocycles. The predicted octanol–water partition coefficient (Wildman–Crippen LogP) is 2.93. The maximum Gasteiger partial charge on any atom is 0.241 e.